The van der Waals surface area contributed by atoms with Crippen molar-refractivity contribution in [2.75, 3.05) is 0 Å². The summed E-state index contributed by atoms with van der Waals surface area (Å²) in [5, 5.41) is 0. The zero-order valence-corrected chi connectivity index (χ0v) is 6.08. The predicted molar refractivity (Wildman–Crippen MR) is 33.7 cm³/mol. The number of alkyl halides is 3. The third-order valence-corrected chi connectivity index (χ3v) is 1.11. The van der Waals surface area contributed by atoms with E-state index in [0.29, 0.717) is 12.4 Å². The highest BCUT2D eigenvalue weighted by atomic mass is 19.4. The zero-order chi connectivity index (χ0) is 9.90. The minimum Gasteiger partial charge on any atom is -0.393 e. The zero-order valence-electron chi connectivity index (χ0n) is 6.08. The molecule has 1 rings (SSSR count). The van der Waals surface area contributed by atoms with Crippen molar-refractivity contribution < 1.29 is 22.7 Å². The van der Waals surface area contributed by atoms with Gasteiger partial charge in [0.25, 0.3) is 0 Å². The molecule has 0 amide bonds. The molecule has 0 spiro atoms. The lowest BCUT2D eigenvalue weighted by Crippen LogP contribution is -2.07. The van der Waals surface area contributed by atoms with E-state index in [2.05, 4.69) is 14.7 Å². The molecule has 0 radical (unpaired) electrons. The second-order valence-corrected chi connectivity index (χ2v) is 1.97. The van der Waals surface area contributed by atoms with E-state index in [1.165, 1.54) is 0 Å². The van der Waals surface area contributed by atoms with Gasteiger partial charge in [0.2, 0.25) is 0 Å². The molecule has 0 aliphatic rings. The monoisotopic (exact) mass is 192 g/mol. The summed E-state index contributed by atoms with van der Waals surface area (Å²) < 4.78 is 39.8. The van der Waals surface area contributed by atoms with Crippen LogP contribution < -0.4 is 4.74 Å². The van der Waals surface area contributed by atoms with E-state index in [4.69, 9.17) is 0 Å². The first kappa shape index (κ1) is 9.43. The molecule has 13 heavy (non-hydrogen) atoms. The van der Waals surface area contributed by atoms with Gasteiger partial charge in [-0.3, -0.25) is 4.79 Å². The standard InChI is InChI=1S/C6H3F3N2O2/c7-6(8,9)4-1-10-5(11-2-4)13-3-12/h1-3H. The van der Waals surface area contributed by atoms with E-state index in [9.17, 15) is 18.0 Å². The van der Waals surface area contributed by atoms with Crippen LogP contribution in [0.15, 0.2) is 12.4 Å². The number of carbonyl (C=O) groups is 1. The molecule has 7 heteroatoms. The maximum absolute atomic E-state index is 11.9. The van der Waals surface area contributed by atoms with Crippen LogP contribution in [0.2, 0.25) is 0 Å². The summed E-state index contributed by atoms with van der Waals surface area (Å²) in [5.74, 6) is 0. The van der Waals surface area contributed by atoms with Crippen LogP contribution in [0, 0.1) is 0 Å². The van der Waals surface area contributed by atoms with E-state index >= 15 is 0 Å². The second-order valence-electron chi connectivity index (χ2n) is 1.97. The number of rotatable bonds is 2. The van der Waals surface area contributed by atoms with Crippen LogP contribution >= 0.6 is 0 Å². The molecule has 0 unspecified atom stereocenters. The maximum atomic E-state index is 11.9. The fraction of sp³-hybridized carbons (Fsp3) is 0.167. The van der Waals surface area contributed by atoms with Gasteiger partial charge < -0.3 is 4.74 Å². The van der Waals surface area contributed by atoms with Crippen molar-refractivity contribution in [3.05, 3.63) is 18.0 Å². The Balaban J connectivity index is 2.87. The molecule has 4 nitrogen and oxygen atoms in total. The molecule has 0 aromatic carbocycles. The summed E-state index contributed by atoms with van der Waals surface area (Å²) in [4.78, 5) is 16.0. The van der Waals surface area contributed by atoms with Crippen LogP contribution in [0.4, 0.5) is 13.2 Å². The number of halogens is 3. The lowest BCUT2D eigenvalue weighted by molar-refractivity contribution is -0.138. The van der Waals surface area contributed by atoms with Gasteiger partial charge in [-0.15, -0.1) is 0 Å². The molecule has 1 aromatic heterocycles. The second kappa shape index (κ2) is 3.38. The maximum Gasteiger partial charge on any atom is 0.419 e. The van der Waals surface area contributed by atoms with Crippen LogP contribution in [-0.4, -0.2) is 16.4 Å². The fourth-order valence-electron chi connectivity index (χ4n) is 0.566. The summed E-state index contributed by atoms with van der Waals surface area (Å²) in [7, 11) is 0. The summed E-state index contributed by atoms with van der Waals surface area (Å²) >= 11 is 0. The normalized spacial score (nSPS) is 11.0. The minimum atomic E-state index is -4.49. The third-order valence-electron chi connectivity index (χ3n) is 1.11. The summed E-state index contributed by atoms with van der Waals surface area (Å²) in [5.41, 5.74) is -0.995. The molecular formula is C6H3F3N2O2. The van der Waals surface area contributed by atoms with Crippen molar-refractivity contribution in [1.82, 2.24) is 9.97 Å². The first-order chi connectivity index (χ1) is 6.04. The van der Waals surface area contributed by atoms with Gasteiger partial charge in [-0.05, 0) is 0 Å². The van der Waals surface area contributed by atoms with Crippen molar-refractivity contribution in [3.8, 4) is 6.01 Å². The molecule has 1 heterocycles. The van der Waals surface area contributed by atoms with Gasteiger partial charge in [-0.1, -0.05) is 0 Å². The highest BCUT2D eigenvalue weighted by Gasteiger charge is 2.31. The van der Waals surface area contributed by atoms with Gasteiger partial charge in [-0.2, -0.15) is 13.2 Å². The van der Waals surface area contributed by atoms with Crippen molar-refractivity contribution in [1.29, 1.82) is 0 Å². The average Bonchev–Trinajstić information content (AvgIpc) is 2.04. The Labute approximate surface area is 70.4 Å². The third kappa shape index (κ3) is 2.39. The Kier molecular flexibility index (Phi) is 2.45. The van der Waals surface area contributed by atoms with E-state index in [1.54, 1.807) is 0 Å². The summed E-state index contributed by atoms with van der Waals surface area (Å²) in [6.45, 7) is 0.0304. The summed E-state index contributed by atoms with van der Waals surface area (Å²) in [6.07, 6.45) is -3.42. The van der Waals surface area contributed by atoms with Gasteiger partial charge >= 0.3 is 18.7 Å². The topological polar surface area (TPSA) is 52.1 Å². The first-order valence-corrected chi connectivity index (χ1v) is 3.03. The van der Waals surface area contributed by atoms with Crippen LogP contribution in [0.3, 0.4) is 0 Å². The summed E-state index contributed by atoms with van der Waals surface area (Å²) in [6, 6.07) is -0.414. The van der Waals surface area contributed by atoms with Crippen LogP contribution in [-0.2, 0) is 11.0 Å². The van der Waals surface area contributed by atoms with Crippen molar-refractivity contribution in [3.63, 3.8) is 0 Å². The number of nitrogens with zero attached hydrogens (tertiary/aromatic N) is 2. The highest BCUT2D eigenvalue weighted by Crippen LogP contribution is 2.28. The van der Waals surface area contributed by atoms with Crippen molar-refractivity contribution in [2.24, 2.45) is 0 Å². The van der Waals surface area contributed by atoms with Gasteiger partial charge in [-0.25, -0.2) is 9.97 Å². The van der Waals surface area contributed by atoms with Gasteiger partial charge in [0, 0.05) is 12.4 Å². The van der Waals surface area contributed by atoms with Gasteiger partial charge in [0.15, 0.2) is 0 Å². The van der Waals surface area contributed by atoms with E-state index < -0.39 is 17.8 Å². The van der Waals surface area contributed by atoms with E-state index in [-0.39, 0.29) is 6.47 Å². The number of hydrogen-bond donors (Lipinski definition) is 0. The molecule has 1 aromatic rings. The number of ether oxygens (including phenoxy) is 1. The molecule has 0 saturated carbocycles. The molecule has 0 fully saturated rings. The molecule has 0 bridgehead atoms. The van der Waals surface area contributed by atoms with Gasteiger partial charge in [0.05, 0.1) is 5.56 Å². The fourth-order valence-corrected chi connectivity index (χ4v) is 0.566. The quantitative estimate of drug-likeness (QED) is 0.656. The van der Waals surface area contributed by atoms with Crippen LogP contribution in [0.1, 0.15) is 5.56 Å². The lowest BCUT2D eigenvalue weighted by Gasteiger charge is -2.04. The molecule has 0 aliphatic heterocycles. The Morgan fingerprint density at radius 3 is 2.23 bits per heavy atom. The largest absolute Gasteiger partial charge is 0.419 e. The van der Waals surface area contributed by atoms with Crippen LogP contribution in [0.5, 0.6) is 6.01 Å². The SMILES string of the molecule is O=COc1ncc(C(F)(F)F)cn1. The Hall–Kier alpha value is -1.66. The molecule has 0 N–H and O–H groups in total. The predicted octanol–water partition coefficient (Wildman–Crippen LogP) is 1.03. The molecule has 0 saturated heterocycles. The number of carbonyl (C=O) groups excluding carboxylic acids is 1. The lowest BCUT2D eigenvalue weighted by atomic mass is 10.3. The molecule has 0 aliphatic carbocycles. The Morgan fingerprint density at radius 1 is 1.31 bits per heavy atom. The van der Waals surface area contributed by atoms with Crippen LogP contribution in [0.25, 0.3) is 0 Å². The smallest absolute Gasteiger partial charge is 0.393 e. The van der Waals surface area contributed by atoms with Crippen molar-refractivity contribution >= 4 is 6.47 Å². The highest BCUT2D eigenvalue weighted by molar-refractivity contribution is 5.41. The minimum absolute atomic E-state index is 0.0304. The molecule has 70 valence electrons. The Bertz CT molecular complexity index is 296. The first-order valence-electron chi connectivity index (χ1n) is 3.03. The van der Waals surface area contributed by atoms with E-state index in [0.717, 1.165) is 0 Å². The number of hydrogen-bond acceptors (Lipinski definition) is 4. The molecule has 0 atom stereocenters. The number of aromatic nitrogens is 2. The molecular weight excluding hydrogens is 189 g/mol. The van der Waals surface area contributed by atoms with E-state index in [1.807, 2.05) is 0 Å². The van der Waals surface area contributed by atoms with Gasteiger partial charge in [0.1, 0.15) is 0 Å². The Morgan fingerprint density at radius 2 is 1.85 bits per heavy atom. The van der Waals surface area contributed by atoms with Crippen molar-refractivity contribution in [2.45, 2.75) is 6.18 Å². The average molecular weight is 192 g/mol.